The molecule has 0 radical (unpaired) electrons. The minimum Gasteiger partial charge on any atom is -0.349 e. The van der Waals surface area contributed by atoms with Gasteiger partial charge in [-0.15, -0.1) is 11.3 Å². The summed E-state index contributed by atoms with van der Waals surface area (Å²) in [4.78, 5) is 15.2. The van der Waals surface area contributed by atoms with Gasteiger partial charge in [0.1, 0.15) is 0 Å². The fraction of sp³-hybridized carbons (Fsp3) is 0.353. The molecule has 1 heterocycles. The fourth-order valence-corrected chi connectivity index (χ4v) is 3.43. The predicted octanol–water partition coefficient (Wildman–Crippen LogP) is 4.21. The second kappa shape index (κ2) is 8.32. The van der Waals surface area contributed by atoms with Gasteiger partial charge in [-0.25, -0.2) is 0 Å². The second-order valence-corrected chi connectivity index (χ2v) is 6.30. The molecule has 0 fully saturated rings. The van der Waals surface area contributed by atoms with Crippen LogP contribution in [0.1, 0.15) is 35.1 Å². The van der Waals surface area contributed by atoms with Crippen LogP contribution >= 0.6 is 22.9 Å². The molecule has 0 aliphatic heterocycles. The van der Waals surface area contributed by atoms with Crippen molar-refractivity contribution in [3.8, 4) is 0 Å². The van der Waals surface area contributed by atoms with E-state index in [0.29, 0.717) is 6.54 Å². The number of amides is 1. The van der Waals surface area contributed by atoms with Gasteiger partial charge in [-0.3, -0.25) is 9.69 Å². The molecular weight excluding hydrogens is 316 g/mol. The van der Waals surface area contributed by atoms with Crippen molar-refractivity contribution in [1.29, 1.82) is 0 Å². The third-order valence-corrected chi connectivity index (χ3v) is 4.93. The maximum atomic E-state index is 12.2. The van der Waals surface area contributed by atoms with Crippen molar-refractivity contribution in [2.75, 3.05) is 19.6 Å². The Morgan fingerprint density at radius 1 is 1.23 bits per heavy atom. The Morgan fingerprint density at radius 3 is 2.55 bits per heavy atom. The summed E-state index contributed by atoms with van der Waals surface area (Å²) in [7, 11) is 0. The van der Waals surface area contributed by atoms with Crippen molar-refractivity contribution in [3.63, 3.8) is 0 Å². The van der Waals surface area contributed by atoms with Gasteiger partial charge in [0.25, 0.3) is 5.91 Å². The van der Waals surface area contributed by atoms with Gasteiger partial charge in [0, 0.05) is 11.6 Å². The maximum Gasteiger partial charge on any atom is 0.261 e. The van der Waals surface area contributed by atoms with E-state index in [-0.39, 0.29) is 11.9 Å². The molecule has 0 saturated carbocycles. The number of nitrogens with one attached hydrogen (secondary N) is 1. The fourth-order valence-electron chi connectivity index (χ4n) is 2.53. The van der Waals surface area contributed by atoms with E-state index in [1.807, 2.05) is 41.8 Å². The van der Waals surface area contributed by atoms with Gasteiger partial charge < -0.3 is 5.32 Å². The Bertz CT molecular complexity index is 596. The first-order chi connectivity index (χ1) is 10.7. The number of hydrogen-bond acceptors (Lipinski definition) is 3. The normalized spacial score (nSPS) is 12.4. The first-order valence-corrected chi connectivity index (χ1v) is 8.73. The number of carbonyl (C=O) groups is 1. The van der Waals surface area contributed by atoms with Crippen LogP contribution in [0.4, 0.5) is 0 Å². The average molecular weight is 337 g/mol. The van der Waals surface area contributed by atoms with E-state index < -0.39 is 0 Å². The Balaban J connectivity index is 2.15. The third-order valence-electron chi connectivity index (χ3n) is 3.72. The topological polar surface area (TPSA) is 32.3 Å². The largest absolute Gasteiger partial charge is 0.349 e. The summed E-state index contributed by atoms with van der Waals surface area (Å²) >= 11 is 7.80. The molecule has 3 nitrogen and oxygen atoms in total. The molecule has 0 saturated heterocycles. The highest BCUT2D eigenvalue weighted by Gasteiger charge is 2.21. The lowest BCUT2D eigenvalue weighted by atomic mass is 10.0. The zero-order chi connectivity index (χ0) is 15.9. The lowest BCUT2D eigenvalue weighted by Gasteiger charge is -2.30. The number of nitrogens with zero attached hydrogens (tertiary/aromatic N) is 1. The van der Waals surface area contributed by atoms with Gasteiger partial charge in [0.15, 0.2) is 0 Å². The van der Waals surface area contributed by atoms with Crippen LogP contribution in [0.5, 0.6) is 0 Å². The molecule has 22 heavy (non-hydrogen) atoms. The number of thiophene rings is 1. The average Bonchev–Trinajstić information content (AvgIpc) is 3.06. The Morgan fingerprint density at radius 2 is 1.95 bits per heavy atom. The number of likely N-dealkylation sites (N-methyl/N-ethyl adjacent to an activating group) is 1. The summed E-state index contributed by atoms with van der Waals surface area (Å²) in [6.07, 6.45) is 0. The molecule has 0 unspecified atom stereocenters. The van der Waals surface area contributed by atoms with Crippen LogP contribution < -0.4 is 5.32 Å². The van der Waals surface area contributed by atoms with Crippen LogP contribution in [-0.2, 0) is 0 Å². The molecule has 2 rings (SSSR count). The van der Waals surface area contributed by atoms with Crippen molar-refractivity contribution < 1.29 is 4.79 Å². The Labute approximate surface area is 140 Å². The molecule has 2 aromatic rings. The first-order valence-electron chi connectivity index (χ1n) is 7.47. The Kier molecular flexibility index (Phi) is 6.43. The van der Waals surface area contributed by atoms with E-state index in [9.17, 15) is 4.79 Å². The van der Waals surface area contributed by atoms with E-state index in [0.717, 1.165) is 28.6 Å². The van der Waals surface area contributed by atoms with Gasteiger partial charge in [0.05, 0.1) is 10.9 Å². The summed E-state index contributed by atoms with van der Waals surface area (Å²) in [5.74, 6) is -0.0285. The number of hydrogen-bond donors (Lipinski definition) is 1. The standard InChI is InChI=1S/C17H21ClN2OS/c1-3-20(4-2)15(13-8-5-6-9-14(13)18)12-19-17(21)16-10-7-11-22-16/h5-11,15H,3-4,12H2,1-2H3,(H,19,21)/t15-/m0/s1. The van der Waals surface area contributed by atoms with Crippen molar-refractivity contribution in [3.05, 3.63) is 57.2 Å². The summed E-state index contributed by atoms with van der Waals surface area (Å²) in [5, 5.41) is 5.68. The monoisotopic (exact) mass is 336 g/mol. The van der Waals surface area contributed by atoms with Crippen LogP contribution in [0.3, 0.4) is 0 Å². The third kappa shape index (κ3) is 4.09. The highest BCUT2D eigenvalue weighted by atomic mass is 35.5. The lowest BCUT2D eigenvalue weighted by molar-refractivity contribution is 0.0939. The molecule has 0 aliphatic carbocycles. The molecule has 0 bridgehead atoms. The molecule has 1 aromatic heterocycles. The van der Waals surface area contributed by atoms with E-state index in [2.05, 4.69) is 24.1 Å². The van der Waals surface area contributed by atoms with Gasteiger partial charge >= 0.3 is 0 Å². The highest BCUT2D eigenvalue weighted by molar-refractivity contribution is 7.12. The van der Waals surface area contributed by atoms with Gasteiger partial charge in [0.2, 0.25) is 0 Å². The summed E-state index contributed by atoms with van der Waals surface area (Å²) in [6, 6.07) is 11.6. The van der Waals surface area contributed by atoms with Gasteiger partial charge in [-0.05, 0) is 36.2 Å². The van der Waals surface area contributed by atoms with Gasteiger partial charge in [-0.2, -0.15) is 0 Å². The van der Waals surface area contributed by atoms with Crippen molar-refractivity contribution >= 4 is 28.8 Å². The molecular formula is C17H21ClN2OS. The molecule has 1 atom stereocenters. The van der Waals surface area contributed by atoms with Crippen LogP contribution in [-0.4, -0.2) is 30.4 Å². The molecule has 1 N–H and O–H groups in total. The predicted molar refractivity (Wildman–Crippen MR) is 93.8 cm³/mol. The van der Waals surface area contributed by atoms with Crippen LogP contribution in [0.2, 0.25) is 5.02 Å². The molecule has 0 spiro atoms. The minimum atomic E-state index is -0.0285. The molecule has 5 heteroatoms. The van der Waals surface area contributed by atoms with Crippen LogP contribution in [0.25, 0.3) is 0 Å². The highest BCUT2D eigenvalue weighted by Crippen LogP contribution is 2.27. The van der Waals surface area contributed by atoms with E-state index >= 15 is 0 Å². The first kappa shape index (κ1) is 17.0. The van der Waals surface area contributed by atoms with Crippen molar-refractivity contribution in [1.82, 2.24) is 10.2 Å². The zero-order valence-corrected chi connectivity index (χ0v) is 14.5. The van der Waals surface area contributed by atoms with Crippen molar-refractivity contribution in [2.45, 2.75) is 19.9 Å². The molecule has 1 aromatic carbocycles. The van der Waals surface area contributed by atoms with E-state index in [4.69, 9.17) is 11.6 Å². The summed E-state index contributed by atoms with van der Waals surface area (Å²) in [6.45, 7) is 6.59. The van der Waals surface area contributed by atoms with Crippen LogP contribution in [0, 0.1) is 0 Å². The summed E-state index contributed by atoms with van der Waals surface area (Å²) in [5.41, 5.74) is 1.05. The smallest absolute Gasteiger partial charge is 0.261 e. The quantitative estimate of drug-likeness (QED) is 0.821. The van der Waals surface area contributed by atoms with E-state index in [1.54, 1.807) is 0 Å². The summed E-state index contributed by atoms with van der Waals surface area (Å²) < 4.78 is 0. The second-order valence-electron chi connectivity index (χ2n) is 4.95. The molecule has 118 valence electrons. The molecule has 1 amide bonds. The minimum absolute atomic E-state index is 0.0285. The number of carbonyl (C=O) groups excluding carboxylic acids is 1. The van der Waals surface area contributed by atoms with E-state index in [1.165, 1.54) is 11.3 Å². The van der Waals surface area contributed by atoms with Gasteiger partial charge in [-0.1, -0.05) is 49.7 Å². The Hall–Kier alpha value is -1.36. The SMILES string of the molecule is CCN(CC)[C@@H](CNC(=O)c1cccs1)c1ccccc1Cl. The maximum absolute atomic E-state index is 12.2. The number of rotatable bonds is 7. The zero-order valence-electron chi connectivity index (χ0n) is 12.9. The number of benzene rings is 1. The molecule has 0 aliphatic rings. The van der Waals surface area contributed by atoms with Crippen LogP contribution in [0.15, 0.2) is 41.8 Å². The van der Waals surface area contributed by atoms with Crippen molar-refractivity contribution in [2.24, 2.45) is 0 Å². The lowest BCUT2D eigenvalue weighted by Crippen LogP contribution is -2.38. The number of halogens is 1.